The number of rotatable bonds is 8. The molecule has 0 saturated carbocycles. The molecule has 27 heavy (non-hydrogen) atoms. The monoisotopic (exact) mass is 363 g/mol. The van der Waals surface area contributed by atoms with Crippen LogP contribution in [0.5, 0.6) is 0 Å². The Kier molecular flexibility index (Phi) is 6.39. The molecule has 0 aliphatic carbocycles. The summed E-state index contributed by atoms with van der Waals surface area (Å²) in [6.07, 6.45) is 2.25. The first kappa shape index (κ1) is 18.9. The molecular formula is C22H25N3O2. The number of nitrogens with zero attached hydrogens (tertiary/aromatic N) is 2. The number of hydrogen-bond acceptors (Lipinski definition) is 3. The number of methoxy groups -OCH3 is 1. The van der Waals surface area contributed by atoms with Crippen molar-refractivity contribution < 1.29 is 9.53 Å². The van der Waals surface area contributed by atoms with Gasteiger partial charge in [-0.15, -0.1) is 0 Å². The number of benzene rings is 2. The van der Waals surface area contributed by atoms with Gasteiger partial charge in [0.05, 0.1) is 24.8 Å². The molecule has 1 aromatic heterocycles. The van der Waals surface area contributed by atoms with Crippen molar-refractivity contribution in [2.45, 2.75) is 32.5 Å². The molecule has 1 unspecified atom stereocenters. The van der Waals surface area contributed by atoms with E-state index < -0.39 is 0 Å². The lowest BCUT2D eigenvalue weighted by Gasteiger charge is -2.09. The Hall–Kier alpha value is -2.92. The molecule has 0 spiro atoms. The van der Waals surface area contributed by atoms with Crippen molar-refractivity contribution in [3.8, 4) is 11.3 Å². The predicted octanol–water partition coefficient (Wildman–Crippen LogP) is 3.64. The van der Waals surface area contributed by atoms with Crippen LogP contribution < -0.4 is 5.32 Å². The highest BCUT2D eigenvalue weighted by Gasteiger charge is 2.14. The molecule has 0 fully saturated rings. The lowest BCUT2D eigenvalue weighted by atomic mass is 10.1. The Balaban J connectivity index is 1.79. The van der Waals surface area contributed by atoms with E-state index in [-0.39, 0.29) is 12.0 Å². The van der Waals surface area contributed by atoms with E-state index in [0.717, 1.165) is 16.8 Å². The molecule has 5 heteroatoms. The van der Waals surface area contributed by atoms with E-state index in [1.807, 2.05) is 66.3 Å². The van der Waals surface area contributed by atoms with Crippen LogP contribution in [0.3, 0.4) is 0 Å². The second kappa shape index (κ2) is 9.14. The Morgan fingerprint density at radius 2 is 1.78 bits per heavy atom. The Morgan fingerprint density at radius 1 is 1.11 bits per heavy atom. The number of carbonyl (C=O) groups excluding carboxylic acids is 1. The van der Waals surface area contributed by atoms with Crippen molar-refractivity contribution in [2.24, 2.45) is 0 Å². The molecule has 3 aromatic rings. The van der Waals surface area contributed by atoms with E-state index in [1.54, 1.807) is 7.11 Å². The zero-order chi connectivity index (χ0) is 19.1. The lowest BCUT2D eigenvalue weighted by molar-refractivity contribution is -0.123. The van der Waals surface area contributed by atoms with Crippen LogP contribution >= 0.6 is 0 Å². The average Bonchev–Trinajstić information content (AvgIpc) is 3.10. The Labute approximate surface area is 160 Å². The van der Waals surface area contributed by atoms with Crippen molar-refractivity contribution in [1.29, 1.82) is 0 Å². The molecule has 1 heterocycles. The summed E-state index contributed by atoms with van der Waals surface area (Å²) in [5.74, 6) is -0.0285. The summed E-state index contributed by atoms with van der Waals surface area (Å²) in [6, 6.07) is 20.3. The lowest BCUT2D eigenvalue weighted by Crippen LogP contribution is -2.26. The van der Waals surface area contributed by atoms with Gasteiger partial charge in [0.25, 0.3) is 0 Å². The van der Waals surface area contributed by atoms with E-state index in [0.29, 0.717) is 19.5 Å². The van der Waals surface area contributed by atoms with Crippen molar-refractivity contribution in [1.82, 2.24) is 15.1 Å². The van der Waals surface area contributed by atoms with Crippen LogP contribution in [0.15, 0.2) is 66.9 Å². The first-order valence-corrected chi connectivity index (χ1v) is 9.11. The summed E-state index contributed by atoms with van der Waals surface area (Å²) in [5.41, 5.74) is 4.12. The minimum Gasteiger partial charge on any atom is -0.381 e. The normalized spacial score (nSPS) is 11.9. The van der Waals surface area contributed by atoms with Crippen LogP contribution in [0.1, 0.15) is 24.5 Å². The van der Waals surface area contributed by atoms with Gasteiger partial charge >= 0.3 is 0 Å². The Bertz CT molecular complexity index is 860. The molecule has 1 N–H and O–H groups in total. The highest BCUT2D eigenvalue weighted by atomic mass is 16.5. The molecule has 0 radical (unpaired) electrons. The van der Waals surface area contributed by atoms with E-state index in [1.165, 1.54) is 5.56 Å². The van der Waals surface area contributed by atoms with Gasteiger partial charge in [-0.1, -0.05) is 60.7 Å². The second-order valence-electron chi connectivity index (χ2n) is 6.58. The minimum atomic E-state index is -0.0978. The van der Waals surface area contributed by atoms with Gasteiger partial charge in [-0.05, 0) is 12.5 Å². The van der Waals surface area contributed by atoms with Crippen LogP contribution in [0.2, 0.25) is 0 Å². The number of aromatic nitrogens is 2. The van der Waals surface area contributed by atoms with E-state index in [4.69, 9.17) is 9.84 Å². The molecule has 140 valence electrons. The van der Waals surface area contributed by atoms with Gasteiger partial charge in [0, 0.05) is 31.0 Å². The molecule has 1 amide bonds. The van der Waals surface area contributed by atoms with Crippen LogP contribution in [0.25, 0.3) is 11.3 Å². The number of hydrogen-bond donors (Lipinski definition) is 1. The summed E-state index contributed by atoms with van der Waals surface area (Å²) < 4.78 is 7.09. The van der Waals surface area contributed by atoms with Crippen molar-refractivity contribution in [3.63, 3.8) is 0 Å². The van der Waals surface area contributed by atoms with E-state index >= 15 is 0 Å². The first-order valence-electron chi connectivity index (χ1n) is 9.11. The first-order chi connectivity index (χ1) is 13.2. The largest absolute Gasteiger partial charge is 0.381 e. The quantitative estimate of drug-likeness (QED) is 0.665. The maximum absolute atomic E-state index is 12.1. The molecule has 3 rings (SSSR count). The Morgan fingerprint density at radius 3 is 2.44 bits per heavy atom. The van der Waals surface area contributed by atoms with Gasteiger partial charge in [-0.25, -0.2) is 0 Å². The zero-order valence-corrected chi connectivity index (χ0v) is 15.8. The SMILES string of the molecule is COC(C)CC(=O)NCc1cn(Cc2ccccc2)nc1-c1ccccc1. The minimum absolute atomic E-state index is 0.0285. The fraction of sp³-hybridized carbons (Fsp3) is 0.273. The van der Waals surface area contributed by atoms with Gasteiger partial charge in [-0.2, -0.15) is 5.10 Å². The third-order valence-corrected chi connectivity index (χ3v) is 4.42. The topological polar surface area (TPSA) is 56.1 Å². The third-order valence-electron chi connectivity index (χ3n) is 4.42. The van der Waals surface area contributed by atoms with Crippen molar-refractivity contribution >= 4 is 5.91 Å². The fourth-order valence-corrected chi connectivity index (χ4v) is 2.89. The van der Waals surface area contributed by atoms with Gasteiger partial charge in [0.15, 0.2) is 0 Å². The van der Waals surface area contributed by atoms with Crippen LogP contribution in [-0.4, -0.2) is 28.9 Å². The zero-order valence-electron chi connectivity index (χ0n) is 15.8. The molecule has 1 atom stereocenters. The fourth-order valence-electron chi connectivity index (χ4n) is 2.89. The van der Waals surface area contributed by atoms with Crippen LogP contribution in [-0.2, 0) is 22.6 Å². The van der Waals surface area contributed by atoms with Crippen LogP contribution in [0, 0.1) is 0 Å². The second-order valence-corrected chi connectivity index (χ2v) is 6.58. The molecule has 0 saturated heterocycles. The number of ether oxygens (including phenoxy) is 1. The van der Waals surface area contributed by atoms with Gasteiger partial charge in [0.1, 0.15) is 0 Å². The highest BCUT2D eigenvalue weighted by molar-refractivity contribution is 5.76. The molecular weight excluding hydrogens is 338 g/mol. The van der Waals surface area contributed by atoms with E-state index in [9.17, 15) is 4.79 Å². The molecule has 0 aliphatic heterocycles. The summed E-state index contributed by atoms with van der Waals surface area (Å²) in [7, 11) is 1.61. The molecule has 0 aliphatic rings. The average molecular weight is 363 g/mol. The molecule has 0 bridgehead atoms. The van der Waals surface area contributed by atoms with Gasteiger partial charge in [0.2, 0.25) is 5.91 Å². The standard InChI is InChI=1S/C22H25N3O2/c1-17(27-2)13-21(26)23-14-20-16-25(15-18-9-5-3-6-10-18)24-22(20)19-11-7-4-8-12-19/h3-12,16-17H,13-15H2,1-2H3,(H,23,26). The number of nitrogens with one attached hydrogen (secondary N) is 1. The summed E-state index contributed by atoms with van der Waals surface area (Å²) >= 11 is 0. The smallest absolute Gasteiger partial charge is 0.222 e. The summed E-state index contributed by atoms with van der Waals surface area (Å²) in [5, 5.41) is 7.75. The van der Waals surface area contributed by atoms with E-state index in [2.05, 4.69) is 17.4 Å². The highest BCUT2D eigenvalue weighted by Crippen LogP contribution is 2.22. The third kappa shape index (κ3) is 5.28. The van der Waals surface area contributed by atoms with Crippen LogP contribution in [0.4, 0.5) is 0 Å². The van der Waals surface area contributed by atoms with Crippen molar-refractivity contribution in [3.05, 3.63) is 78.0 Å². The number of carbonyl (C=O) groups is 1. The maximum Gasteiger partial charge on any atom is 0.222 e. The van der Waals surface area contributed by atoms with Crippen molar-refractivity contribution in [2.75, 3.05) is 7.11 Å². The maximum atomic E-state index is 12.1. The number of amides is 1. The molecule has 2 aromatic carbocycles. The summed E-state index contributed by atoms with van der Waals surface area (Å²) in [6.45, 7) is 3.01. The predicted molar refractivity (Wildman–Crippen MR) is 106 cm³/mol. The van der Waals surface area contributed by atoms with Gasteiger partial charge < -0.3 is 10.1 Å². The molecule has 5 nitrogen and oxygen atoms in total. The van der Waals surface area contributed by atoms with Gasteiger partial charge in [-0.3, -0.25) is 9.48 Å². The summed E-state index contributed by atoms with van der Waals surface area (Å²) in [4.78, 5) is 12.1.